The third kappa shape index (κ3) is 13.1. The number of nitrogens with zero attached hydrogens (tertiary/aromatic N) is 7. The lowest BCUT2D eigenvalue weighted by Crippen LogP contribution is -2.57. The van der Waals surface area contributed by atoms with Gasteiger partial charge in [-0.1, -0.05) is 69.9 Å². The third-order valence-corrected chi connectivity index (χ3v) is 17.7. The number of nitrogens with one attached hydrogen (secondary N) is 4. The number of aryl methyl sites for hydroxylation is 1. The van der Waals surface area contributed by atoms with E-state index in [-0.39, 0.29) is 113 Å². The number of aromatic hydroxyl groups is 1. The Labute approximate surface area is 486 Å². The van der Waals surface area contributed by atoms with Crippen molar-refractivity contribution >= 4 is 62.5 Å². The first-order valence-corrected chi connectivity index (χ1v) is 29.6. The van der Waals surface area contributed by atoms with Crippen LogP contribution < -0.4 is 30.9 Å². The summed E-state index contributed by atoms with van der Waals surface area (Å²) in [6.07, 6.45) is 12.1. The van der Waals surface area contributed by atoms with E-state index in [1.165, 1.54) is 35.4 Å². The molecule has 21 heteroatoms. The molecular weight excluding hydrogens is 1080 g/mol. The van der Waals surface area contributed by atoms with Gasteiger partial charge in [-0.25, -0.2) is 13.8 Å². The van der Waals surface area contributed by atoms with Gasteiger partial charge in [0.2, 0.25) is 23.6 Å². The number of halogens is 2. The van der Waals surface area contributed by atoms with Gasteiger partial charge in [0.25, 0.3) is 0 Å². The molecule has 10 rings (SSSR count). The van der Waals surface area contributed by atoms with Crippen LogP contribution in [-0.4, -0.2) is 146 Å². The zero-order chi connectivity index (χ0) is 58.9. The number of aliphatic hydroxyl groups excluding tert-OH is 1. The second-order valence-electron chi connectivity index (χ2n) is 23.9. The van der Waals surface area contributed by atoms with E-state index in [0.29, 0.717) is 68.3 Å². The molecule has 18 nitrogen and oxygen atoms in total. The van der Waals surface area contributed by atoms with Crippen molar-refractivity contribution in [2.24, 2.45) is 5.41 Å². The molecule has 2 bridgehead atoms. The summed E-state index contributed by atoms with van der Waals surface area (Å²) in [6, 6.07) is 11.3. The van der Waals surface area contributed by atoms with E-state index in [1.807, 2.05) is 71.4 Å². The molecule has 3 unspecified atom stereocenters. The largest absolute Gasteiger partial charge is 0.508 e. The molecule has 0 aliphatic carbocycles. The van der Waals surface area contributed by atoms with Crippen LogP contribution in [0.15, 0.2) is 60.2 Å². The van der Waals surface area contributed by atoms with Gasteiger partial charge < -0.3 is 46.0 Å². The number of hydrogen-bond acceptors (Lipinski definition) is 15. The van der Waals surface area contributed by atoms with Gasteiger partial charge in [0.1, 0.15) is 47.3 Å². The number of carbonyl (C=O) groups is 4. The van der Waals surface area contributed by atoms with E-state index >= 15 is 8.78 Å². The van der Waals surface area contributed by atoms with Gasteiger partial charge in [-0.05, 0) is 93.1 Å². The number of benzene rings is 3. The highest BCUT2D eigenvalue weighted by Gasteiger charge is 2.45. The minimum Gasteiger partial charge on any atom is -0.508 e. The van der Waals surface area contributed by atoms with Crippen LogP contribution in [0.5, 0.6) is 11.8 Å². The number of fused-ring (bicyclic) bond motifs is 4. The van der Waals surface area contributed by atoms with Crippen LogP contribution in [0.4, 0.5) is 14.6 Å². The zero-order valence-electron chi connectivity index (χ0n) is 47.8. The second kappa shape index (κ2) is 24.8. The van der Waals surface area contributed by atoms with Gasteiger partial charge in [0.15, 0.2) is 5.82 Å². The van der Waals surface area contributed by atoms with Crippen molar-refractivity contribution in [3.8, 4) is 45.8 Å². The van der Waals surface area contributed by atoms with Crippen LogP contribution in [0.3, 0.4) is 0 Å². The maximum atomic E-state index is 17.1. The Balaban J connectivity index is 0.697. The minimum absolute atomic E-state index is 0.0225. The van der Waals surface area contributed by atoms with E-state index in [9.17, 15) is 29.4 Å². The number of terminal acetylenes is 1. The number of likely N-dealkylation sites (tertiary alicyclic amines) is 2. The number of pyridine rings is 1. The monoisotopic (exact) mass is 1150 g/mol. The van der Waals surface area contributed by atoms with Crippen molar-refractivity contribution in [2.45, 2.75) is 147 Å². The van der Waals surface area contributed by atoms with Gasteiger partial charge in [-0.3, -0.25) is 29.1 Å². The maximum absolute atomic E-state index is 17.1. The predicted octanol–water partition coefficient (Wildman–Crippen LogP) is 7.46. The molecular formula is C62H73F2N11O7S. The number of aromatic nitrogens is 4. The van der Waals surface area contributed by atoms with E-state index in [2.05, 4.69) is 51.9 Å². The number of hydrogen-bond donors (Lipinski definition) is 6. The molecule has 4 aliphatic rings. The number of likely N-dealkylation sites (N-methyl/N-ethyl adjacent to an activating group) is 1. The molecule has 0 radical (unpaired) electrons. The summed E-state index contributed by atoms with van der Waals surface area (Å²) in [7, 11) is 1.95. The molecule has 4 fully saturated rings. The first-order valence-electron chi connectivity index (χ1n) is 28.7. The zero-order valence-corrected chi connectivity index (χ0v) is 48.6. The number of phenolic OH excluding ortho intramolecular Hbond substituents is 1. The number of amides is 4. The number of ether oxygens (including phenoxy) is 1. The molecule has 6 aromatic rings. The molecule has 8 atom stereocenters. The average Bonchev–Trinajstić information content (AvgIpc) is 4.44. The molecule has 438 valence electrons. The molecule has 4 saturated heterocycles. The van der Waals surface area contributed by atoms with Crippen molar-refractivity contribution in [1.82, 2.24) is 51.0 Å². The Hall–Kier alpha value is -7.38. The molecule has 0 saturated carbocycles. The number of aliphatic hydroxyl groups is 1. The Morgan fingerprint density at radius 2 is 1.65 bits per heavy atom. The summed E-state index contributed by atoms with van der Waals surface area (Å²) in [5, 5.41) is 35.2. The molecule has 7 heterocycles. The second-order valence-corrected chi connectivity index (χ2v) is 24.8. The van der Waals surface area contributed by atoms with E-state index in [4.69, 9.17) is 16.1 Å². The molecule has 4 aliphatic heterocycles. The lowest BCUT2D eigenvalue weighted by atomic mass is 9.85. The Kier molecular flexibility index (Phi) is 17.6. The lowest BCUT2D eigenvalue weighted by molar-refractivity contribution is -0.144. The van der Waals surface area contributed by atoms with Crippen LogP contribution in [0.25, 0.3) is 43.4 Å². The highest BCUT2D eigenvalue weighted by Crippen LogP contribution is 2.40. The molecule has 83 heavy (non-hydrogen) atoms. The van der Waals surface area contributed by atoms with E-state index in [1.54, 1.807) is 11.3 Å². The van der Waals surface area contributed by atoms with Crippen LogP contribution in [-0.2, 0) is 19.2 Å². The molecule has 3 aromatic heterocycles. The fourth-order valence-electron chi connectivity index (χ4n) is 12.3. The standard InChI is InChI=1S/C62H73F2N11O7S/c1-8-45-48(63)22-19-38-23-43(76)25-46(52(38)45)54-53(64)55-47(27-65-54)58(74-29-39-20-21-40(30-74)68-39)72-61(71-55)82-32-42-24-41(28-73(42)7)69-50(78)13-11-9-10-12-14-51(79)70-57(62(4,5)6)60(81)75-31-44(77)26-49(75)59(80)67-34(2)36-15-17-37(18-16-36)56-35(3)66-33-83-56/h1,15-19,22-23,25,27,33-34,39-42,44,49,57,68,76-77H,9-14,20-21,24,26,28-32H2,2-7H3,(H,67,80)(H,69,78)(H,70,79)/t34-,39?,40?,41+,42?,44+,49-,57-/m0/s1. The maximum Gasteiger partial charge on any atom is 0.319 e. The SMILES string of the molecule is C#Cc1c(F)ccc2cc(O)cc(-c3ncc4c(N5CC6CCC(C5)N6)nc(OCC5C[C@@H](NC(=O)CCCCCCC(=O)N[C@@H](C(=O)N6C[C@H](O)C[C@H]6C(=O)N[C@@H](C)c6ccc(-c7scnc7C)cc6)C(C)(C)C)CN5C)nc4c3F)c12. The smallest absolute Gasteiger partial charge is 0.319 e. The summed E-state index contributed by atoms with van der Waals surface area (Å²) in [6.45, 7) is 11.4. The number of unbranched alkanes of at least 4 members (excludes halogenated alkanes) is 3. The molecule has 6 N–H and O–H groups in total. The predicted molar refractivity (Wildman–Crippen MR) is 314 cm³/mol. The van der Waals surface area contributed by atoms with Gasteiger partial charge in [0.05, 0.1) is 39.2 Å². The first kappa shape index (κ1) is 58.8. The summed E-state index contributed by atoms with van der Waals surface area (Å²) < 4.78 is 38.5. The number of carbonyl (C=O) groups excluding carboxylic acids is 4. The number of piperazine rings is 1. The van der Waals surface area contributed by atoms with Crippen molar-refractivity contribution in [3.05, 3.63) is 88.7 Å². The topological polar surface area (TPSA) is 227 Å². The van der Waals surface area contributed by atoms with Crippen molar-refractivity contribution < 1.29 is 42.9 Å². The lowest BCUT2D eigenvalue weighted by Gasteiger charge is -2.35. The number of anilines is 1. The van der Waals surface area contributed by atoms with Crippen LogP contribution in [0.1, 0.15) is 115 Å². The summed E-state index contributed by atoms with van der Waals surface area (Å²) >= 11 is 1.57. The van der Waals surface area contributed by atoms with E-state index in [0.717, 1.165) is 41.0 Å². The highest BCUT2D eigenvalue weighted by atomic mass is 32.1. The van der Waals surface area contributed by atoms with Crippen molar-refractivity contribution in [1.29, 1.82) is 0 Å². The fraction of sp³-hybridized carbons (Fsp3) is 0.484. The number of β-amino-alcohol motifs (C(OH)–C–C–N with tert-alkyl or cyclic N) is 1. The van der Waals surface area contributed by atoms with Gasteiger partial charge >= 0.3 is 6.01 Å². The Bertz CT molecular complexity index is 3450. The Morgan fingerprint density at radius 3 is 2.34 bits per heavy atom. The van der Waals surface area contributed by atoms with Crippen LogP contribution in [0, 0.1) is 36.3 Å². The Morgan fingerprint density at radius 1 is 0.928 bits per heavy atom. The first-order chi connectivity index (χ1) is 39.7. The summed E-state index contributed by atoms with van der Waals surface area (Å²) in [4.78, 5) is 79.6. The van der Waals surface area contributed by atoms with E-state index < -0.39 is 41.1 Å². The average molecular weight is 1150 g/mol. The number of rotatable bonds is 19. The molecule has 0 spiro atoms. The fourth-order valence-corrected chi connectivity index (χ4v) is 13.1. The number of phenols is 1. The van der Waals surface area contributed by atoms with Gasteiger partial charge in [-0.15, -0.1) is 17.8 Å². The molecule has 4 amide bonds. The van der Waals surface area contributed by atoms with Crippen molar-refractivity contribution in [3.63, 3.8) is 0 Å². The van der Waals surface area contributed by atoms with Gasteiger partial charge in [0, 0.05) is 86.8 Å². The van der Waals surface area contributed by atoms with Crippen molar-refractivity contribution in [2.75, 3.05) is 44.7 Å². The van der Waals surface area contributed by atoms with Gasteiger partial charge in [-0.2, -0.15) is 9.97 Å². The highest BCUT2D eigenvalue weighted by molar-refractivity contribution is 7.13. The number of thiazole rings is 1. The van der Waals surface area contributed by atoms with Crippen LogP contribution >= 0.6 is 11.3 Å². The minimum atomic E-state index is -0.938. The normalized spacial score (nSPS) is 21.5. The molecule has 3 aromatic carbocycles. The van der Waals surface area contributed by atoms with Crippen LogP contribution in [0.2, 0.25) is 0 Å². The quantitative estimate of drug-likeness (QED) is 0.0342. The third-order valence-electron chi connectivity index (χ3n) is 16.7. The summed E-state index contributed by atoms with van der Waals surface area (Å²) in [5.74, 6) is 0.0600. The summed E-state index contributed by atoms with van der Waals surface area (Å²) in [5.41, 5.74) is 3.82.